The molecule has 2 fully saturated rings. The molecule has 0 aliphatic heterocycles. The summed E-state index contributed by atoms with van der Waals surface area (Å²) in [6.07, 6.45) is -3.45. The molecule has 6 atom stereocenters. The molecule has 3 unspecified atom stereocenters. The Labute approximate surface area is 251 Å². The first-order chi connectivity index (χ1) is 20.7. The van der Waals surface area contributed by atoms with E-state index in [2.05, 4.69) is 0 Å². The van der Waals surface area contributed by atoms with Gasteiger partial charge in [0.2, 0.25) is 0 Å². The number of hydrogen-bond acceptors (Lipinski definition) is 4. The number of phenolic OH excluding ortho intramolecular Hbond substituents is 1. The first-order valence-corrected chi connectivity index (χ1v) is 17.2. The van der Waals surface area contributed by atoms with Gasteiger partial charge in [-0.15, -0.1) is 0 Å². The van der Waals surface area contributed by atoms with Gasteiger partial charge in [0, 0.05) is 9.16 Å². The van der Waals surface area contributed by atoms with Crippen molar-refractivity contribution in [2.75, 3.05) is 11.5 Å². The molecule has 3 aliphatic carbocycles. The van der Waals surface area contributed by atoms with Crippen LogP contribution >= 0.6 is 0 Å². The third-order valence-electron chi connectivity index (χ3n) is 10.2. The lowest BCUT2D eigenvalue weighted by Crippen LogP contribution is -2.47. The highest BCUT2D eigenvalue weighted by atomic mass is 32.2. The van der Waals surface area contributed by atoms with Gasteiger partial charge in [0.1, 0.15) is 15.6 Å². The van der Waals surface area contributed by atoms with Crippen molar-refractivity contribution in [2.45, 2.75) is 127 Å². The summed E-state index contributed by atoms with van der Waals surface area (Å²) in [5.74, 6) is -5.13. The van der Waals surface area contributed by atoms with Crippen LogP contribution in [0.3, 0.4) is 0 Å². The Kier molecular flexibility index (Phi) is 9.27. The molecule has 3 aliphatic rings. The number of unbranched alkanes of at least 4 members (excludes halogenated alkanes) is 6. The molecule has 0 amide bonds. The Morgan fingerprint density at radius 2 is 1.64 bits per heavy atom. The van der Waals surface area contributed by atoms with E-state index in [0.717, 1.165) is 56.9 Å². The van der Waals surface area contributed by atoms with Crippen LogP contribution in [0.15, 0.2) is 18.2 Å². The third kappa shape index (κ3) is 7.62. The molecule has 0 aromatic heterocycles. The van der Waals surface area contributed by atoms with Crippen LogP contribution in [0.4, 0.5) is 22.0 Å². The maximum Gasteiger partial charge on any atom is 0.453 e. The van der Waals surface area contributed by atoms with Crippen molar-refractivity contribution in [1.82, 2.24) is 0 Å². The maximum absolute atomic E-state index is 13.0. The average molecular weight is 626 g/mol. The number of phenols is 1. The number of rotatable bonds is 14. The van der Waals surface area contributed by atoms with Gasteiger partial charge in [-0.1, -0.05) is 51.5 Å². The topological polar surface area (TPSA) is 74.6 Å². The number of hydrogen-bond donors (Lipinski definition) is 2. The summed E-state index contributed by atoms with van der Waals surface area (Å²) in [7, 11) is -3.69. The highest BCUT2D eigenvalue weighted by Gasteiger charge is 2.57. The monoisotopic (exact) mass is 625 g/mol. The van der Waals surface area contributed by atoms with E-state index in [4.69, 9.17) is 4.11 Å². The first-order valence-electron chi connectivity index (χ1n) is 16.9. The van der Waals surface area contributed by atoms with E-state index in [1.165, 1.54) is 5.56 Å². The minimum atomic E-state index is -5.68. The summed E-state index contributed by atoms with van der Waals surface area (Å²) in [5.41, 5.74) is 1.47. The third-order valence-corrected chi connectivity index (χ3v) is 12.0. The highest BCUT2D eigenvalue weighted by Crippen LogP contribution is 2.62. The molecule has 1 aromatic rings. The second kappa shape index (κ2) is 13.3. The lowest BCUT2D eigenvalue weighted by atomic mass is 9.52. The van der Waals surface area contributed by atoms with Crippen LogP contribution in [0.5, 0.6) is 5.75 Å². The van der Waals surface area contributed by atoms with Crippen LogP contribution in [0, 0.1) is 23.2 Å². The van der Waals surface area contributed by atoms with Gasteiger partial charge in [-0.05, 0) is 104 Å². The van der Waals surface area contributed by atoms with E-state index in [-0.39, 0.29) is 41.6 Å². The van der Waals surface area contributed by atoms with Gasteiger partial charge in [-0.2, -0.15) is 22.0 Å². The van der Waals surface area contributed by atoms with Gasteiger partial charge in [-0.3, -0.25) is 0 Å². The summed E-state index contributed by atoms with van der Waals surface area (Å²) < 4.78 is 113. The summed E-state index contributed by atoms with van der Waals surface area (Å²) in [4.78, 5) is 0. The Morgan fingerprint density at radius 1 is 1.00 bits per heavy atom. The summed E-state index contributed by atoms with van der Waals surface area (Å²) in [6, 6.07) is 5.52. The number of aliphatic hydroxyl groups is 1. The zero-order valence-electron chi connectivity index (χ0n) is 27.4. The minimum absolute atomic E-state index is 0.127. The van der Waals surface area contributed by atoms with E-state index >= 15 is 0 Å². The molecular formula is C32H47F5O4S. The molecule has 1 aromatic carbocycles. The summed E-state index contributed by atoms with van der Waals surface area (Å²) in [5, 5.41) is 21.3. The van der Waals surface area contributed by atoms with Gasteiger partial charge in [-0.25, -0.2) is 8.42 Å². The van der Waals surface area contributed by atoms with E-state index in [9.17, 15) is 40.6 Å². The smallest absolute Gasteiger partial charge is 0.453 e. The fraction of sp³-hybridized carbons (Fsp3) is 0.812. The number of sulfone groups is 1. The van der Waals surface area contributed by atoms with Crippen LogP contribution in [0.2, 0.25) is 0 Å². The van der Waals surface area contributed by atoms with Gasteiger partial charge < -0.3 is 10.2 Å². The number of fused-ring (bicyclic) bond motifs is 5. The van der Waals surface area contributed by atoms with Gasteiger partial charge in [0.15, 0.2) is 0 Å². The Hall–Kier alpha value is -1.42. The molecule has 0 saturated heterocycles. The Bertz CT molecular complexity index is 1290. The predicted molar refractivity (Wildman–Crippen MR) is 153 cm³/mol. The fourth-order valence-corrected chi connectivity index (χ4v) is 9.27. The molecule has 10 heteroatoms. The van der Waals surface area contributed by atoms with Crippen molar-refractivity contribution in [2.24, 2.45) is 23.2 Å². The quantitative estimate of drug-likeness (QED) is 0.161. The maximum atomic E-state index is 13.0. The number of alkyl halides is 5. The molecule has 0 bridgehead atoms. The lowest BCUT2D eigenvalue weighted by Gasteiger charge is -2.53. The van der Waals surface area contributed by atoms with Crippen molar-refractivity contribution in [3.8, 4) is 5.75 Å². The second-order valence-electron chi connectivity index (χ2n) is 13.0. The van der Waals surface area contributed by atoms with Crippen LogP contribution in [0.25, 0.3) is 0 Å². The molecular weight excluding hydrogens is 575 g/mol. The van der Waals surface area contributed by atoms with Crippen LogP contribution in [-0.2, 0) is 16.3 Å². The van der Waals surface area contributed by atoms with Crippen LogP contribution in [-0.4, -0.2) is 48.3 Å². The molecule has 0 heterocycles. The fourth-order valence-electron chi connectivity index (χ4n) is 7.84. The molecule has 240 valence electrons. The lowest BCUT2D eigenvalue weighted by molar-refractivity contribution is -0.284. The largest absolute Gasteiger partial charge is 0.508 e. The number of halogens is 5. The highest BCUT2D eigenvalue weighted by molar-refractivity contribution is 7.91. The van der Waals surface area contributed by atoms with Gasteiger partial charge >= 0.3 is 12.1 Å². The summed E-state index contributed by atoms with van der Waals surface area (Å²) >= 11 is 0. The minimum Gasteiger partial charge on any atom is -0.508 e. The Balaban J connectivity index is 1.23. The van der Waals surface area contributed by atoms with E-state index in [0.29, 0.717) is 19.3 Å². The van der Waals surface area contributed by atoms with Crippen molar-refractivity contribution in [1.29, 1.82) is 0 Å². The molecule has 0 spiro atoms. The van der Waals surface area contributed by atoms with Crippen molar-refractivity contribution in [3.63, 3.8) is 0 Å². The molecule has 2 N–H and O–H groups in total. The number of aromatic hydroxyl groups is 1. The van der Waals surface area contributed by atoms with Crippen molar-refractivity contribution < 1.29 is 44.7 Å². The predicted octanol–water partition coefficient (Wildman–Crippen LogP) is 8.35. The van der Waals surface area contributed by atoms with Crippen molar-refractivity contribution in [3.05, 3.63) is 29.3 Å². The average Bonchev–Trinajstić information content (AvgIpc) is 3.06. The van der Waals surface area contributed by atoms with Gasteiger partial charge in [0.25, 0.3) is 0 Å². The Morgan fingerprint density at radius 3 is 2.33 bits per heavy atom. The van der Waals surface area contributed by atoms with E-state index < -0.39 is 58.4 Å². The zero-order chi connectivity index (χ0) is 33.5. The van der Waals surface area contributed by atoms with Crippen LogP contribution in [0.1, 0.15) is 118 Å². The molecule has 4 nitrogen and oxygen atoms in total. The van der Waals surface area contributed by atoms with Crippen molar-refractivity contribution >= 4 is 9.84 Å². The van der Waals surface area contributed by atoms with Gasteiger partial charge in [0.05, 0.1) is 19.0 Å². The SMILES string of the molecule is [2H]C1([2H])CC2C3C(CC[C@]2(C)[C@@]1([2H])O)c1ccc(O)cc1C[C@H]3CCCCCCCCCS(=O)(=O)CCCC(F)(F)C(F)(F)F. The zero-order valence-corrected chi connectivity index (χ0v) is 25.2. The van der Waals surface area contributed by atoms with E-state index in [1.54, 1.807) is 6.07 Å². The van der Waals surface area contributed by atoms with E-state index in [1.807, 2.05) is 19.1 Å². The standard InChI is InChI=1S/C32H47F5O4S/c1-30-17-15-26-25-12-11-24(38)21-23(25)20-22(29(26)27(30)13-14-28(30)39)10-7-5-3-2-4-6-8-18-42(40,41)19-9-16-31(33,34)32(35,36)37/h11-12,21-22,26-29,38-39H,2-10,13-20H2,1H3/t22-,26?,27?,28+,29?,30+/m1/s1/i14D2,28D. The van der Waals surface area contributed by atoms with Crippen LogP contribution < -0.4 is 0 Å². The second-order valence-corrected chi connectivity index (χ2v) is 15.3. The number of benzene rings is 1. The molecule has 0 radical (unpaired) electrons. The summed E-state index contributed by atoms with van der Waals surface area (Å²) in [6.45, 7) is 1.88. The molecule has 2 saturated carbocycles. The first kappa shape index (κ1) is 29.3. The molecule has 42 heavy (non-hydrogen) atoms. The normalized spacial score (nSPS) is 33.6. The molecule has 4 rings (SSSR count).